The van der Waals surface area contributed by atoms with E-state index in [2.05, 4.69) is 32.7 Å². The van der Waals surface area contributed by atoms with Gasteiger partial charge >= 0.3 is 6.01 Å². The number of nitrogens with zero attached hydrogens (tertiary/aromatic N) is 3. The summed E-state index contributed by atoms with van der Waals surface area (Å²) in [5.41, 5.74) is 1.28. The van der Waals surface area contributed by atoms with Crippen LogP contribution in [0.2, 0.25) is 0 Å². The molecule has 1 aliphatic heterocycles. The molecule has 7 nitrogen and oxygen atoms in total. The summed E-state index contributed by atoms with van der Waals surface area (Å²) in [5.74, 6) is -0.668. The van der Waals surface area contributed by atoms with Crippen molar-refractivity contribution in [2.24, 2.45) is 0 Å². The lowest BCUT2D eigenvalue weighted by molar-refractivity contribution is 0.102. The molecule has 162 valence electrons. The molecule has 2 N–H and O–H groups in total. The number of carbonyl (C=O) groups is 1. The predicted molar refractivity (Wildman–Crippen MR) is 117 cm³/mol. The van der Waals surface area contributed by atoms with E-state index in [9.17, 15) is 9.18 Å². The van der Waals surface area contributed by atoms with E-state index >= 15 is 0 Å². The number of benzene rings is 2. The second-order valence-corrected chi connectivity index (χ2v) is 7.73. The average Bonchev–Trinajstić information content (AvgIpc) is 3.41. The molecule has 8 heteroatoms. The first-order valence-electron chi connectivity index (χ1n) is 10.6. The van der Waals surface area contributed by atoms with E-state index < -0.39 is 11.7 Å². The highest BCUT2D eigenvalue weighted by Gasteiger charge is 2.19. The van der Waals surface area contributed by atoms with Crippen LogP contribution < -0.4 is 10.6 Å². The third-order valence-corrected chi connectivity index (χ3v) is 5.52. The summed E-state index contributed by atoms with van der Waals surface area (Å²) in [4.78, 5) is 14.7. The Hall–Kier alpha value is -3.26. The minimum absolute atomic E-state index is 0.00150. The maximum atomic E-state index is 13.7. The van der Waals surface area contributed by atoms with E-state index in [0.29, 0.717) is 23.6 Å². The maximum absolute atomic E-state index is 13.7. The molecule has 4 rings (SSSR count). The number of nitrogens with one attached hydrogen (secondary N) is 2. The van der Waals surface area contributed by atoms with Gasteiger partial charge in [-0.2, -0.15) is 0 Å². The van der Waals surface area contributed by atoms with Crippen molar-refractivity contribution in [2.75, 3.05) is 30.3 Å². The Morgan fingerprint density at radius 3 is 2.74 bits per heavy atom. The smallest absolute Gasteiger partial charge is 0.315 e. The molecule has 1 aromatic heterocycles. The standard InChI is InChI=1S/C23H26FN5O2/c1-16-6-4-14-29(16)15-5-13-25-23-28-27-22(31-23)17-9-11-18(12-10-17)26-21(30)19-7-2-3-8-20(19)24/h2-3,7-12,16H,4-6,13-15H2,1H3,(H,25,28)(H,26,30)/t16-/m1/s1. The molecule has 0 saturated carbocycles. The van der Waals surface area contributed by atoms with Crippen molar-refractivity contribution in [1.29, 1.82) is 0 Å². The quantitative estimate of drug-likeness (QED) is 0.522. The maximum Gasteiger partial charge on any atom is 0.315 e. The fourth-order valence-corrected chi connectivity index (χ4v) is 3.75. The topological polar surface area (TPSA) is 83.3 Å². The molecule has 2 heterocycles. The summed E-state index contributed by atoms with van der Waals surface area (Å²) in [6, 6.07) is 13.9. The zero-order valence-corrected chi connectivity index (χ0v) is 17.5. The lowest BCUT2D eigenvalue weighted by Crippen LogP contribution is -2.28. The highest BCUT2D eigenvalue weighted by Crippen LogP contribution is 2.22. The van der Waals surface area contributed by atoms with E-state index in [4.69, 9.17) is 4.42 Å². The molecule has 2 aromatic carbocycles. The van der Waals surface area contributed by atoms with Gasteiger partial charge in [0.2, 0.25) is 5.89 Å². The molecule has 1 saturated heterocycles. The van der Waals surface area contributed by atoms with Crippen molar-refractivity contribution in [3.05, 3.63) is 59.9 Å². The SMILES string of the molecule is C[C@@H]1CCCN1CCCNc1nnc(-c2ccc(NC(=O)c3ccccc3F)cc2)o1. The van der Waals surface area contributed by atoms with Crippen LogP contribution in [0.15, 0.2) is 52.9 Å². The summed E-state index contributed by atoms with van der Waals surface area (Å²) >= 11 is 0. The minimum Gasteiger partial charge on any atom is -0.403 e. The summed E-state index contributed by atoms with van der Waals surface area (Å²) in [6.45, 7) is 5.30. The highest BCUT2D eigenvalue weighted by molar-refractivity contribution is 6.04. The van der Waals surface area contributed by atoms with Crippen molar-refractivity contribution in [3.63, 3.8) is 0 Å². The monoisotopic (exact) mass is 423 g/mol. The second-order valence-electron chi connectivity index (χ2n) is 7.73. The molecule has 3 aromatic rings. The Morgan fingerprint density at radius 2 is 2.00 bits per heavy atom. The molecular formula is C23H26FN5O2. The first-order chi connectivity index (χ1) is 15.1. The van der Waals surface area contributed by atoms with Crippen LogP contribution >= 0.6 is 0 Å². The fourth-order valence-electron chi connectivity index (χ4n) is 3.75. The molecule has 0 unspecified atom stereocenters. The van der Waals surface area contributed by atoms with Crippen molar-refractivity contribution >= 4 is 17.6 Å². The van der Waals surface area contributed by atoms with E-state index in [1.54, 1.807) is 36.4 Å². The molecule has 31 heavy (non-hydrogen) atoms. The number of aromatic nitrogens is 2. The lowest BCUT2D eigenvalue weighted by atomic mass is 10.1. The number of halogens is 1. The van der Waals surface area contributed by atoms with Crippen molar-refractivity contribution in [3.8, 4) is 11.5 Å². The van der Waals surface area contributed by atoms with Gasteiger partial charge in [-0.1, -0.05) is 17.2 Å². The number of likely N-dealkylation sites (tertiary alicyclic amines) is 1. The number of carbonyl (C=O) groups excluding carboxylic acids is 1. The van der Waals surface area contributed by atoms with Crippen molar-refractivity contribution < 1.29 is 13.6 Å². The second kappa shape index (κ2) is 9.70. The van der Waals surface area contributed by atoms with Crippen LogP contribution in [0.4, 0.5) is 16.1 Å². The largest absolute Gasteiger partial charge is 0.403 e. The highest BCUT2D eigenvalue weighted by atomic mass is 19.1. The van der Waals surface area contributed by atoms with Gasteiger partial charge < -0.3 is 20.0 Å². The Balaban J connectivity index is 1.29. The summed E-state index contributed by atoms with van der Waals surface area (Å²) in [5, 5.41) is 14.0. The van der Waals surface area contributed by atoms with Crippen LogP contribution in [0.25, 0.3) is 11.5 Å². The lowest BCUT2D eigenvalue weighted by Gasteiger charge is -2.20. The van der Waals surface area contributed by atoms with E-state index in [1.807, 2.05) is 0 Å². The molecule has 1 atom stereocenters. The van der Waals surface area contributed by atoms with E-state index in [0.717, 1.165) is 25.1 Å². The molecule has 1 aliphatic rings. The van der Waals surface area contributed by atoms with Crippen molar-refractivity contribution in [1.82, 2.24) is 15.1 Å². The molecule has 1 amide bonds. The molecule has 0 aliphatic carbocycles. The zero-order valence-electron chi connectivity index (χ0n) is 17.5. The third-order valence-electron chi connectivity index (χ3n) is 5.52. The summed E-state index contributed by atoms with van der Waals surface area (Å²) in [7, 11) is 0. The van der Waals surface area contributed by atoms with Crippen LogP contribution in [0, 0.1) is 5.82 Å². The first kappa shape index (κ1) is 21.0. The van der Waals surface area contributed by atoms with Crippen LogP contribution in [0.5, 0.6) is 0 Å². The number of hydrogen-bond donors (Lipinski definition) is 2. The van der Waals surface area contributed by atoms with Crippen LogP contribution in [0.3, 0.4) is 0 Å². The van der Waals surface area contributed by atoms with E-state index in [1.165, 1.54) is 31.5 Å². The average molecular weight is 423 g/mol. The predicted octanol–water partition coefficient (Wildman–Crippen LogP) is 4.41. The van der Waals surface area contributed by atoms with Gasteiger partial charge in [-0.3, -0.25) is 4.79 Å². The van der Waals surface area contributed by atoms with Gasteiger partial charge in [0.05, 0.1) is 5.56 Å². The Morgan fingerprint density at radius 1 is 1.19 bits per heavy atom. The summed E-state index contributed by atoms with van der Waals surface area (Å²) < 4.78 is 19.4. The molecule has 1 fully saturated rings. The molecular weight excluding hydrogens is 397 g/mol. The van der Waals surface area contributed by atoms with Crippen LogP contribution in [-0.2, 0) is 0 Å². The van der Waals surface area contributed by atoms with Gasteiger partial charge in [0.25, 0.3) is 5.91 Å². The zero-order chi connectivity index (χ0) is 21.6. The van der Waals surface area contributed by atoms with Crippen LogP contribution in [-0.4, -0.2) is 46.7 Å². The van der Waals surface area contributed by atoms with Crippen LogP contribution in [0.1, 0.15) is 36.5 Å². The van der Waals surface area contributed by atoms with Gasteiger partial charge in [-0.05, 0) is 69.1 Å². The number of amides is 1. The number of rotatable bonds is 8. The number of hydrogen-bond acceptors (Lipinski definition) is 6. The van der Waals surface area contributed by atoms with Crippen molar-refractivity contribution in [2.45, 2.75) is 32.2 Å². The normalized spacial score (nSPS) is 16.4. The fraction of sp³-hybridized carbons (Fsp3) is 0.348. The van der Waals surface area contributed by atoms with Gasteiger partial charge in [0.15, 0.2) is 0 Å². The third kappa shape index (κ3) is 5.27. The molecule has 0 spiro atoms. The van der Waals surface area contributed by atoms with Gasteiger partial charge in [-0.25, -0.2) is 4.39 Å². The van der Waals surface area contributed by atoms with Gasteiger partial charge in [-0.15, -0.1) is 5.10 Å². The Kier molecular flexibility index (Phi) is 6.57. The summed E-state index contributed by atoms with van der Waals surface area (Å²) in [6.07, 6.45) is 3.58. The number of anilines is 2. The molecule has 0 bridgehead atoms. The Labute approximate surface area is 180 Å². The van der Waals surface area contributed by atoms with Gasteiger partial charge in [0, 0.05) is 30.4 Å². The Bertz CT molecular complexity index is 1020. The van der Waals surface area contributed by atoms with Gasteiger partial charge in [0.1, 0.15) is 5.82 Å². The minimum atomic E-state index is -0.558. The molecule has 0 radical (unpaired) electrons. The van der Waals surface area contributed by atoms with E-state index in [-0.39, 0.29) is 5.56 Å². The first-order valence-corrected chi connectivity index (χ1v) is 10.6.